The van der Waals surface area contributed by atoms with Gasteiger partial charge in [0.2, 0.25) is 0 Å². The van der Waals surface area contributed by atoms with Crippen LogP contribution in [0.1, 0.15) is 39.5 Å². The first-order valence-corrected chi connectivity index (χ1v) is 4.57. The number of rotatable bonds is 7. The molecule has 0 aliphatic heterocycles. The van der Waals surface area contributed by atoms with Gasteiger partial charge in [-0.25, -0.2) is 0 Å². The monoisotopic (exact) mass is 156 g/mol. The molecule has 0 saturated heterocycles. The van der Waals surface area contributed by atoms with Gasteiger partial charge in [-0.05, 0) is 12.8 Å². The Bertz CT molecular complexity index is 88.9. The Morgan fingerprint density at radius 2 is 2.18 bits per heavy atom. The predicted octanol–water partition coefficient (Wildman–Crippen LogP) is 3.16. The summed E-state index contributed by atoms with van der Waals surface area (Å²) in [7, 11) is 0. The van der Waals surface area contributed by atoms with E-state index in [4.69, 9.17) is 4.74 Å². The van der Waals surface area contributed by atoms with Crippen LogP contribution in [-0.2, 0) is 4.74 Å². The molecule has 0 amide bonds. The molecule has 1 nitrogen and oxygen atoms in total. The summed E-state index contributed by atoms with van der Waals surface area (Å²) in [5, 5.41) is 0. The maximum atomic E-state index is 5.52. The van der Waals surface area contributed by atoms with E-state index in [1.807, 2.05) is 6.08 Å². The fourth-order valence-electron chi connectivity index (χ4n) is 1.04. The standard InChI is InChI=1S/C10H20O/c1-4-7-8-10(6-3)11-9-5-2/h5,10H,2,4,6-9H2,1,3H3. The Morgan fingerprint density at radius 1 is 1.45 bits per heavy atom. The van der Waals surface area contributed by atoms with Crippen LogP contribution in [0.4, 0.5) is 0 Å². The third-order valence-corrected chi connectivity index (χ3v) is 1.78. The Hall–Kier alpha value is -0.300. The molecule has 1 atom stereocenters. The van der Waals surface area contributed by atoms with Crippen LogP contribution in [0, 0.1) is 0 Å². The van der Waals surface area contributed by atoms with E-state index in [1.54, 1.807) is 0 Å². The van der Waals surface area contributed by atoms with E-state index in [9.17, 15) is 0 Å². The van der Waals surface area contributed by atoms with Crippen LogP contribution in [0.5, 0.6) is 0 Å². The van der Waals surface area contributed by atoms with Gasteiger partial charge < -0.3 is 4.74 Å². The summed E-state index contributed by atoms with van der Waals surface area (Å²) in [4.78, 5) is 0. The van der Waals surface area contributed by atoms with Crippen molar-refractivity contribution in [1.29, 1.82) is 0 Å². The van der Waals surface area contributed by atoms with Gasteiger partial charge in [-0.3, -0.25) is 0 Å². The molecule has 0 rings (SSSR count). The minimum Gasteiger partial charge on any atom is -0.374 e. The Labute approximate surface area is 70.4 Å². The highest BCUT2D eigenvalue weighted by Crippen LogP contribution is 2.07. The third-order valence-electron chi connectivity index (χ3n) is 1.78. The highest BCUT2D eigenvalue weighted by Gasteiger charge is 2.03. The van der Waals surface area contributed by atoms with Crippen molar-refractivity contribution in [3.05, 3.63) is 12.7 Å². The average Bonchev–Trinajstić information content (AvgIpc) is 2.05. The van der Waals surface area contributed by atoms with Crippen LogP contribution in [0.15, 0.2) is 12.7 Å². The molecule has 0 saturated carbocycles. The molecule has 66 valence electrons. The first kappa shape index (κ1) is 10.7. The van der Waals surface area contributed by atoms with Gasteiger partial charge >= 0.3 is 0 Å². The molecule has 0 spiro atoms. The minimum atomic E-state index is 0.452. The molecule has 0 bridgehead atoms. The Kier molecular flexibility index (Phi) is 7.59. The lowest BCUT2D eigenvalue weighted by Crippen LogP contribution is -2.11. The van der Waals surface area contributed by atoms with Crippen molar-refractivity contribution < 1.29 is 4.74 Å². The van der Waals surface area contributed by atoms with E-state index >= 15 is 0 Å². The first-order chi connectivity index (χ1) is 5.35. The minimum absolute atomic E-state index is 0.452. The van der Waals surface area contributed by atoms with E-state index in [2.05, 4.69) is 20.4 Å². The maximum absolute atomic E-state index is 5.52. The molecule has 0 aromatic rings. The van der Waals surface area contributed by atoms with Crippen molar-refractivity contribution in [2.24, 2.45) is 0 Å². The van der Waals surface area contributed by atoms with E-state index in [-0.39, 0.29) is 0 Å². The number of unbranched alkanes of at least 4 members (excludes halogenated alkanes) is 1. The molecular formula is C10H20O. The van der Waals surface area contributed by atoms with Gasteiger partial charge in [0.05, 0.1) is 12.7 Å². The zero-order chi connectivity index (χ0) is 8.53. The first-order valence-electron chi connectivity index (χ1n) is 4.57. The second kappa shape index (κ2) is 7.80. The highest BCUT2D eigenvalue weighted by atomic mass is 16.5. The zero-order valence-corrected chi connectivity index (χ0v) is 7.81. The summed E-state index contributed by atoms with van der Waals surface area (Å²) >= 11 is 0. The van der Waals surface area contributed by atoms with E-state index in [0.29, 0.717) is 12.7 Å². The second-order valence-corrected chi connectivity index (χ2v) is 2.79. The molecule has 0 fully saturated rings. The largest absolute Gasteiger partial charge is 0.374 e. The summed E-state index contributed by atoms with van der Waals surface area (Å²) < 4.78 is 5.52. The quantitative estimate of drug-likeness (QED) is 0.514. The van der Waals surface area contributed by atoms with Crippen LogP contribution >= 0.6 is 0 Å². The van der Waals surface area contributed by atoms with Crippen LogP contribution in [0.2, 0.25) is 0 Å². The smallest absolute Gasteiger partial charge is 0.0648 e. The van der Waals surface area contributed by atoms with E-state index < -0.39 is 0 Å². The summed E-state index contributed by atoms with van der Waals surface area (Å²) in [5.74, 6) is 0. The van der Waals surface area contributed by atoms with Gasteiger partial charge in [-0.1, -0.05) is 32.8 Å². The molecule has 11 heavy (non-hydrogen) atoms. The molecule has 0 aromatic heterocycles. The SMILES string of the molecule is C=CCOC(CC)CCCC. The van der Waals surface area contributed by atoms with Gasteiger partial charge in [-0.2, -0.15) is 0 Å². The van der Waals surface area contributed by atoms with Gasteiger partial charge in [0.25, 0.3) is 0 Å². The van der Waals surface area contributed by atoms with Crippen LogP contribution in [0.3, 0.4) is 0 Å². The summed E-state index contributed by atoms with van der Waals surface area (Å²) in [6, 6.07) is 0. The summed E-state index contributed by atoms with van der Waals surface area (Å²) in [5.41, 5.74) is 0. The molecule has 0 N–H and O–H groups in total. The second-order valence-electron chi connectivity index (χ2n) is 2.79. The van der Waals surface area contributed by atoms with E-state index in [1.165, 1.54) is 19.3 Å². The zero-order valence-electron chi connectivity index (χ0n) is 7.81. The van der Waals surface area contributed by atoms with Crippen LogP contribution < -0.4 is 0 Å². The normalized spacial score (nSPS) is 12.9. The number of hydrogen-bond acceptors (Lipinski definition) is 1. The highest BCUT2D eigenvalue weighted by molar-refractivity contribution is 4.66. The van der Waals surface area contributed by atoms with Crippen molar-refractivity contribution in [3.63, 3.8) is 0 Å². The van der Waals surface area contributed by atoms with Crippen molar-refractivity contribution in [3.8, 4) is 0 Å². The maximum Gasteiger partial charge on any atom is 0.0648 e. The molecule has 0 radical (unpaired) electrons. The Balaban J connectivity index is 3.32. The van der Waals surface area contributed by atoms with Crippen LogP contribution in [0.25, 0.3) is 0 Å². The van der Waals surface area contributed by atoms with Gasteiger partial charge in [-0.15, -0.1) is 6.58 Å². The number of hydrogen-bond donors (Lipinski definition) is 0. The lowest BCUT2D eigenvalue weighted by atomic mass is 10.1. The predicted molar refractivity (Wildman–Crippen MR) is 49.8 cm³/mol. The lowest BCUT2D eigenvalue weighted by Gasteiger charge is -2.13. The average molecular weight is 156 g/mol. The van der Waals surface area contributed by atoms with Crippen molar-refractivity contribution in [2.45, 2.75) is 45.6 Å². The molecule has 0 aliphatic carbocycles. The van der Waals surface area contributed by atoms with Gasteiger partial charge in [0.15, 0.2) is 0 Å². The summed E-state index contributed by atoms with van der Waals surface area (Å²) in [6.45, 7) is 8.70. The van der Waals surface area contributed by atoms with Crippen molar-refractivity contribution >= 4 is 0 Å². The number of ether oxygens (including phenoxy) is 1. The van der Waals surface area contributed by atoms with Gasteiger partial charge in [0.1, 0.15) is 0 Å². The molecule has 0 heterocycles. The molecule has 0 aliphatic rings. The topological polar surface area (TPSA) is 9.23 Å². The van der Waals surface area contributed by atoms with Crippen LogP contribution in [-0.4, -0.2) is 12.7 Å². The molecule has 1 unspecified atom stereocenters. The van der Waals surface area contributed by atoms with Crippen molar-refractivity contribution in [1.82, 2.24) is 0 Å². The molecule has 1 heteroatoms. The lowest BCUT2D eigenvalue weighted by molar-refractivity contribution is 0.0635. The van der Waals surface area contributed by atoms with Crippen molar-refractivity contribution in [2.75, 3.05) is 6.61 Å². The van der Waals surface area contributed by atoms with Gasteiger partial charge in [0, 0.05) is 0 Å². The molecule has 0 aromatic carbocycles. The van der Waals surface area contributed by atoms with E-state index in [0.717, 1.165) is 6.42 Å². The molecular weight excluding hydrogens is 136 g/mol. The summed E-state index contributed by atoms with van der Waals surface area (Å²) in [6.07, 6.45) is 7.11. The third kappa shape index (κ3) is 6.11. The fraction of sp³-hybridized carbons (Fsp3) is 0.800. The fourth-order valence-corrected chi connectivity index (χ4v) is 1.04. The Morgan fingerprint density at radius 3 is 2.64 bits per heavy atom.